The van der Waals surface area contributed by atoms with Gasteiger partial charge in [-0.25, -0.2) is 9.88 Å². The van der Waals surface area contributed by atoms with Crippen LogP contribution in [-0.2, 0) is 30.6 Å². The number of aliphatic hydroxyl groups is 2. The molecule has 4 N–H and O–H groups in total. The van der Waals surface area contributed by atoms with Crippen LogP contribution in [0.1, 0.15) is 27.0 Å². The number of esters is 1. The highest BCUT2D eigenvalue weighted by Crippen LogP contribution is 2.46. The van der Waals surface area contributed by atoms with Crippen LogP contribution >= 0.6 is 6.64 Å². The Morgan fingerprint density at radius 1 is 1.20 bits per heavy atom. The molecule has 12 nitrogen and oxygen atoms in total. The number of aromatic amines is 1. The van der Waals surface area contributed by atoms with Gasteiger partial charge in [-0.3, -0.25) is 19.1 Å². The molecule has 0 radical (unpaired) electrons. The van der Waals surface area contributed by atoms with Crippen LogP contribution in [0, 0.1) is 0 Å². The van der Waals surface area contributed by atoms with E-state index in [9.17, 15) is 24.6 Å². The second-order valence-corrected chi connectivity index (χ2v) is 11.2. The molecule has 0 amide bonds. The van der Waals surface area contributed by atoms with Gasteiger partial charge in [-0.05, 0) is 44.7 Å². The van der Waals surface area contributed by atoms with Gasteiger partial charge in [0.05, 0.1) is 12.7 Å². The molecule has 14 heteroatoms. The summed E-state index contributed by atoms with van der Waals surface area (Å²) in [5, 5.41) is 23.8. The number of ether oxygens (including phenoxy) is 2. The van der Waals surface area contributed by atoms with Crippen LogP contribution in [0.4, 0.5) is 0 Å². The first kappa shape index (κ1) is 27.2. The number of aromatic nitrogens is 2. The van der Waals surface area contributed by atoms with E-state index >= 15 is 0 Å². The standard InChI is InChI=1S/C21H28N3O9PS/c1-12(2)31-20(28)13(3)23-34(35,33-14-7-5-4-6-8-14)30-11-15-17(26)18(27)19(32-15)24-10-9-16(25)22-21(24)29/h4-10,12-13,15,17-19,26-27H,11H2,1-3H3,(H,23,35)(H,22,25,29). The number of H-pyrrole nitrogens is 1. The molecule has 1 aromatic carbocycles. The zero-order valence-corrected chi connectivity index (χ0v) is 21.0. The molecule has 1 saturated heterocycles. The van der Waals surface area contributed by atoms with Crippen LogP contribution < -0.4 is 20.9 Å². The lowest BCUT2D eigenvalue weighted by atomic mass is 10.1. The van der Waals surface area contributed by atoms with Gasteiger partial charge in [0.25, 0.3) is 5.56 Å². The van der Waals surface area contributed by atoms with Crippen molar-refractivity contribution in [2.24, 2.45) is 0 Å². The summed E-state index contributed by atoms with van der Waals surface area (Å²) in [7, 11) is 0. The highest BCUT2D eigenvalue weighted by molar-refractivity contribution is 8.09. The monoisotopic (exact) mass is 529 g/mol. The zero-order chi connectivity index (χ0) is 25.8. The van der Waals surface area contributed by atoms with E-state index in [1.807, 2.05) is 0 Å². The molecule has 1 fully saturated rings. The Balaban J connectivity index is 1.75. The van der Waals surface area contributed by atoms with Crippen molar-refractivity contribution in [2.75, 3.05) is 6.61 Å². The van der Waals surface area contributed by atoms with Crippen molar-refractivity contribution < 1.29 is 33.5 Å². The number of hydrogen-bond acceptors (Lipinski definition) is 10. The molecular weight excluding hydrogens is 501 g/mol. The average molecular weight is 530 g/mol. The Morgan fingerprint density at radius 3 is 2.51 bits per heavy atom. The van der Waals surface area contributed by atoms with Gasteiger partial charge in [-0.1, -0.05) is 18.2 Å². The molecule has 0 saturated carbocycles. The molecule has 35 heavy (non-hydrogen) atoms. The summed E-state index contributed by atoms with van der Waals surface area (Å²) >= 11 is 5.61. The minimum atomic E-state index is -3.41. The Hall–Kier alpha value is -2.38. The Bertz CT molecular complexity index is 1170. The minimum Gasteiger partial charge on any atom is -0.462 e. The molecule has 1 aromatic heterocycles. The molecule has 1 aliphatic rings. The van der Waals surface area contributed by atoms with Crippen molar-refractivity contribution in [3.05, 3.63) is 63.4 Å². The molecule has 1 aliphatic heterocycles. The van der Waals surface area contributed by atoms with E-state index in [2.05, 4.69) is 10.1 Å². The molecule has 6 atom stereocenters. The predicted octanol–water partition coefficient (Wildman–Crippen LogP) is 0.406. The van der Waals surface area contributed by atoms with E-state index in [0.29, 0.717) is 5.75 Å². The Morgan fingerprint density at radius 2 is 1.89 bits per heavy atom. The third-order valence-electron chi connectivity index (χ3n) is 4.90. The molecule has 2 aromatic rings. The van der Waals surface area contributed by atoms with Crippen molar-refractivity contribution in [1.29, 1.82) is 0 Å². The Kier molecular flexibility index (Phi) is 9.00. The number of hydrogen-bond donors (Lipinski definition) is 4. The van der Waals surface area contributed by atoms with Crippen molar-refractivity contribution in [3.63, 3.8) is 0 Å². The van der Waals surface area contributed by atoms with E-state index in [-0.39, 0.29) is 12.7 Å². The van der Waals surface area contributed by atoms with Crippen molar-refractivity contribution in [2.45, 2.75) is 57.5 Å². The molecule has 3 rings (SSSR count). The van der Waals surface area contributed by atoms with Gasteiger partial charge in [-0.15, -0.1) is 0 Å². The fourth-order valence-corrected chi connectivity index (χ4v) is 5.65. The summed E-state index contributed by atoms with van der Waals surface area (Å²) in [6.45, 7) is 1.23. The van der Waals surface area contributed by atoms with Gasteiger partial charge in [0, 0.05) is 12.3 Å². The van der Waals surface area contributed by atoms with Crippen LogP contribution in [0.5, 0.6) is 5.75 Å². The summed E-state index contributed by atoms with van der Waals surface area (Å²) in [5.74, 6) is -0.169. The number of para-hydroxylation sites is 1. The van der Waals surface area contributed by atoms with Crippen LogP contribution in [0.2, 0.25) is 0 Å². The molecule has 0 spiro atoms. The Labute approximate surface area is 206 Å². The van der Waals surface area contributed by atoms with E-state index in [1.54, 1.807) is 51.1 Å². The van der Waals surface area contributed by atoms with E-state index < -0.39 is 54.4 Å². The SMILES string of the molecule is CC(C)OC(=O)C(C)NP(=S)(OCC1OC(n2ccc(=O)[nH]c2=O)C(O)C1O)Oc1ccccc1. The summed E-state index contributed by atoms with van der Waals surface area (Å²) in [6.07, 6.45) is -4.50. The van der Waals surface area contributed by atoms with Crippen molar-refractivity contribution >= 4 is 24.4 Å². The van der Waals surface area contributed by atoms with Gasteiger partial charge < -0.3 is 28.7 Å². The second-order valence-electron chi connectivity index (χ2n) is 8.10. The zero-order valence-electron chi connectivity index (χ0n) is 19.3. The highest BCUT2D eigenvalue weighted by Gasteiger charge is 2.45. The number of carbonyl (C=O) groups is 1. The summed E-state index contributed by atoms with van der Waals surface area (Å²) in [5.41, 5.74) is -1.43. The normalized spacial score (nSPS) is 24.6. The summed E-state index contributed by atoms with van der Waals surface area (Å²) < 4.78 is 23.5. The lowest BCUT2D eigenvalue weighted by molar-refractivity contribution is -0.149. The lowest BCUT2D eigenvalue weighted by Crippen LogP contribution is -2.38. The maximum Gasteiger partial charge on any atom is 0.330 e. The van der Waals surface area contributed by atoms with Crippen LogP contribution in [0.3, 0.4) is 0 Å². The summed E-state index contributed by atoms with van der Waals surface area (Å²) in [6, 6.07) is 8.79. The summed E-state index contributed by atoms with van der Waals surface area (Å²) in [4.78, 5) is 37.8. The van der Waals surface area contributed by atoms with Crippen LogP contribution in [-0.4, -0.2) is 62.8 Å². The lowest BCUT2D eigenvalue weighted by Gasteiger charge is -2.28. The third-order valence-corrected chi connectivity index (χ3v) is 7.40. The van der Waals surface area contributed by atoms with Gasteiger partial charge in [0.1, 0.15) is 30.1 Å². The number of carbonyl (C=O) groups excluding carboxylic acids is 1. The maximum absolute atomic E-state index is 12.3. The third kappa shape index (κ3) is 7.07. The van der Waals surface area contributed by atoms with Crippen molar-refractivity contribution in [1.82, 2.24) is 14.6 Å². The predicted molar refractivity (Wildman–Crippen MR) is 128 cm³/mol. The molecular formula is C21H28N3O9PS. The molecule has 2 heterocycles. The highest BCUT2D eigenvalue weighted by atomic mass is 32.5. The fraction of sp³-hybridized carbons (Fsp3) is 0.476. The maximum atomic E-state index is 12.3. The van der Waals surface area contributed by atoms with Crippen LogP contribution in [0.25, 0.3) is 0 Å². The first-order valence-corrected chi connectivity index (χ1v) is 13.4. The van der Waals surface area contributed by atoms with Gasteiger partial charge in [0.15, 0.2) is 6.23 Å². The van der Waals surface area contributed by atoms with Gasteiger partial charge in [-0.2, -0.15) is 0 Å². The number of aliphatic hydroxyl groups excluding tert-OH is 2. The fourth-order valence-electron chi connectivity index (χ4n) is 3.23. The van der Waals surface area contributed by atoms with Gasteiger partial charge in [0.2, 0.25) is 0 Å². The van der Waals surface area contributed by atoms with Crippen molar-refractivity contribution in [3.8, 4) is 5.75 Å². The molecule has 0 bridgehead atoms. The van der Waals surface area contributed by atoms with E-state index in [1.165, 1.54) is 0 Å². The van der Waals surface area contributed by atoms with Gasteiger partial charge >= 0.3 is 18.3 Å². The number of nitrogens with zero attached hydrogens (tertiary/aromatic N) is 1. The number of nitrogens with one attached hydrogen (secondary N) is 2. The minimum absolute atomic E-state index is 0.336. The van der Waals surface area contributed by atoms with Crippen LogP contribution in [0.15, 0.2) is 52.2 Å². The average Bonchev–Trinajstić information content (AvgIpc) is 3.06. The first-order valence-electron chi connectivity index (χ1n) is 10.8. The molecule has 6 unspecified atom stereocenters. The van der Waals surface area contributed by atoms with E-state index in [4.69, 9.17) is 30.3 Å². The first-order chi connectivity index (χ1) is 16.5. The number of rotatable bonds is 10. The number of benzene rings is 1. The molecule has 0 aliphatic carbocycles. The second kappa shape index (κ2) is 11.6. The van der Waals surface area contributed by atoms with E-state index in [0.717, 1.165) is 16.8 Å². The topological polar surface area (TPSA) is 161 Å². The smallest absolute Gasteiger partial charge is 0.330 e. The quantitative estimate of drug-likeness (QED) is 0.249. The molecule has 192 valence electrons. The largest absolute Gasteiger partial charge is 0.462 e.